The monoisotopic (exact) mass is 268 g/mol. The second-order valence-corrected chi connectivity index (χ2v) is 4.21. The van der Waals surface area contributed by atoms with Gasteiger partial charge in [-0.1, -0.05) is 22.8 Å². The first-order valence-corrected chi connectivity index (χ1v) is 5.98. The van der Waals surface area contributed by atoms with Crippen LogP contribution >= 0.6 is 11.6 Å². The van der Waals surface area contributed by atoms with Crippen LogP contribution in [0.4, 0.5) is 0 Å². The zero-order valence-corrected chi connectivity index (χ0v) is 11.1. The molecule has 4 nitrogen and oxygen atoms in total. The Morgan fingerprint density at radius 3 is 3.06 bits per heavy atom. The molecule has 0 heterocycles. The minimum atomic E-state index is -0.300. The van der Waals surface area contributed by atoms with E-state index in [4.69, 9.17) is 21.2 Å². The predicted octanol–water partition coefficient (Wildman–Crippen LogP) is 2.83. The van der Waals surface area contributed by atoms with Gasteiger partial charge in [0.15, 0.2) is 0 Å². The summed E-state index contributed by atoms with van der Waals surface area (Å²) in [5, 5.41) is 4.29. The van der Waals surface area contributed by atoms with E-state index in [1.807, 2.05) is 0 Å². The number of hydrogen-bond acceptors (Lipinski definition) is 4. The molecule has 0 aliphatic heterocycles. The molecule has 0 bridgehead atoms. The Morgan fingerprint density at radius 2 is 2.39 bits per heavy atom. The van der Waals surface area contributed by atoms with Crippen LogP contribution in [-0.2, 0) is 14.4 Å². The summed E-state index contributed by atoms with van der Waals surface area (Å²) in [7, 11) is 0. The molecule has 18 heavy (non-hydrogen) atoms. The van der Waals surface area contributed by atoms with Crippen molar-refractivity contribution in [2.75, 3.05) is 6.61 Å². The summed E-state index contributed by atoms with van der Waals surface area (Å²) in [6.07, 6.45) is 1.54. The van der Waals surface area contributed by atoms with E-state index >= 15 is 0 Å². The zero-order valence-electron chi connectivity index (χ0n) is 10.4. The van der Waals surface area contributed by atoms with Crippen molar-refractivity contribution in [2.24, 2.45) is 5.16 Å². The molecule has 0 amide bonds. The van der Waals surface area contributed by atoms with Gasteiger partial charge >= 0.3 is 5.97 Å². The lowest BCUT2D eigenvalue weighted by molar-refractivity contribution is -0.148. The number of halogens is 1. The molecule has 0 aliphatic rings. The van der Waals surface area contributed by atoms with Gasteiger partial charge in [-0.05, 0) is 32.0 Å². The molecule has 1 aromatic carbocycles. The molecule has 5 heteroatoms. The maximum Gasteiger partial charge on any atom is 0.309 e. The molecule has 97 valence electrons. The molecule has 0 aliphatic carbocycles. The van der Waals surface area contributed by atoms with Gasteiger partial charge in [-0.15, -0.1) is 0 Å². The number of carbonyl (C=O) groups is 1. The highest BCUT2D eigenvalue weighted by Crippen LogP contribution is 2.11. The molecule has 0 fully saturated rings. The fraction of sp³-hybridized carbons (Fsp3) is 0.385. The number of benzene rings is 1. The summed E-state index contributed by atoms with van der Waals surface area (Å²) in [5.41, 5.74) is 0.712. The molecular weight excluding hydrogens is 254 g/mol. The fourth-order valence-electron chi connectivity index (χ4n) is 1.12. The Bertz CT molecular complexity index is 418. The molecular formula is C13H15ClNO3. The lowest BCUT2D eigenvalue weighted by Crippen LogP contribution is -2.12. The van der Waals surface area contributed by atoms with Crippen LogP contribution in [0.15, 0.2) is 23.4 Å². The molecule has 0 spiro atoms. The zero-order chi connectivity index (χ0) is 13.4. The lowest BCUT2D eigenvalue weighted by atomic mass is 10.2. The van der Waals surface area contributed by atoms with E-state index in [0.29, 0.717) is 10.6 Å². The highest BCUT2D eigenvalue weighted by atomic mass is 35.5. The van der Waals surface area contributed by atoms with E-state index in [9.17, 15) is 4.79 Å². The van der Waals surface area contributed by atoms with Crippen LogP contribution in [0.25, 0.3) is 0 Å². The molecule has 0 saturated carbocycles. The van der Waals surface area contributed by atoms with Crippen molar-refractivity contribution in [3.8, 4) is 0 Å². The van der Waals surface area contributed by atoms with Crippen LogP contribution in [0.3, 0.4) is 0 Å². The average molecular weight is 269 g/mol. The van der Waals surface area contributed by atoms with Gasteiger partial charge in [-0.25, -0.2) is 0 Å². The number of ether oxygens (including phenoxy) is 1. The van der Waals surface area contributed by atoms with Gasteiger partial charge in [0.1, 0.15) is 6.61 Å². The minimum absolute atomic E-state index is 0.111. The number of carbonyl (C=O) groups excluding carboxylic acids is 1. The van der Waals surface area contributed by atoms with Crippen LogP contribution in [0.1, 0.15) is 25.8 Å². The van der Waals surface area contributed by atoms with E-state index in [0.717, 1.165) is 0 Å². The predicted molar refractivity (Wildman–Crippen MR) is 69.7 cm³/mol. The molecule has 0 saturated heterocycles. The summed E-state index contributed by atoms with van der Waals surface area (Å²) in [6, 6.07) is 8.00. The molecule has 1 aromatic rings. The normalized spacial score (nSPS) is 10.9. The second-order valence-electron chi connectivity index (χ2n) is 3.80. The third kappa shape index (κ3) is 5.68. The van der Waals surface area contributed by atoms with Crippen LogP contribution in [0, 0.1) is 6.07 Å². The average Bonchev–Trinajstić information content (AvgIpc) is 2.30. The third-order valence-electron chi connectivity index (χ3n) is 1.87. The summed E-state index contributed by atoms with van der Waals surface area (Å²) >= 11 is 5.90. The van der Waals surface area contributed by atoms with E-state index in [1.54, 1.807) is 32.0 Å². The SMILES string of the molecule is CC(C)OC(=O)CCO/N=C/c1c[c]ccc1Cl. The van der Waals surface area contributed by atoms with Gasteiger partial charge < -0.3 is 9.57 Å². The summed E-state index contributed by atoms with van der Waals surface area (Å²) < 4.78 is 4.94. The highest BCUT2D eigenvalue weighted by Gasteiger charge is 2.04. The number of nitrogens with zero attached hydrogens (tertiary/aromatic N) is 1. The maximum absolute atomic E-state index is 11.2. The Labute approximate surface area is 112 Å². The first-order valence-electron chi connectivity index (χ1n) is 5.60. The van der Waals surface area contributed by atoms with Crippen LogP contribution in [0.5, 0.6) is 0 Å². The second kappa shape index (κ2) is 7.71. The van der Waals surface area contributed by atoms with Crippen molar-refractivity contribution >= 4 is 23.8 Å². The van der Waals surface area contributed by atoms with Crippen molar-refractivity contribution in [2.45, 2.75) is 26.4 Å². The lowest BCUT2D eigenvalue weighted by Gasteiger charge is -2.06. The Balaban J connectivity index is 2.26. The molecule has 0 unspecified atom stereocenters. The minimum Gasteiger partial charge on any atom is -0.463 e. The molecule has 0 atom stereocenters. The number of esters is 1. The molecule has 1 radical (unpaired) electrons. The van der Waals surface area contributed by atoms with Gasteiger partial charge in [0.2, 0.25) is 0 Å². The molecule has 1 rings (SSSR count). The van der Waals surface area contributed by atoms with E-state index in [-0.39, 0.29) is 25.1 Å². The highest BCUT2D eigenvalue weighted by molar-refractivity contribution is 6.33. The van der Waals surface area contributed by atoms with Crippen molar-refractivity contribution < 1.29 is 14.4 Å². The van der Waals surface area contributed by atoms with E-state index in [2.05, 4.69) is 11.2 Å². The van der Waals surface area contributed by atoms with Gasteiger partial charge in [0.05, 0.1) is 18.7 Å². The van der Waals surface area contributed by atoms with Gasteiger partial charge in [-0.3, -0.25) is 4.79 Å². The van der Waals surface area contributed by atoms with Crippen molar-refractivity contribution in [3.63, 3.8) is 0 Å². The quantitative estimate of drug-likeness (QED) is 0.345. The summed E-state index contributed by atoms with van der Waals surface area (Å²) in [6.45, 7) is 3.77. The van der Waals surface area contributed by atoms with Crippen LogP contribution < -0.4 is 0 Å². The Hall–Kier alpha value is -1.55. The van der Waals surface area contributed by atoms with Crippen molar-refractivity contribution in [1.29, 1.82) is 0 Å². The standard InChI is InChI=1S/C13H15ClNO3/c1-10(2)18-13(16)7-8-17-15-9-11-5-3-4-6-12(11)14/h4-6,9-10H,7-8H2,1-2H3/b15-9+. The van der Waals surface area contributed by atoms with Crippen LogP contribution in [0.2, 0.25) is 5.02 Å². The van der Waals surface area contributed by atoms with Crippen molar-refractivity contribution in [3.05, 3.63) is 34.9 Å². The van der Waals surface area contributed by atoms with Gasteiger partial charge in [0, 0.05) is 10.6 Å². The fourth-order valence-corrected chi connectivity index (χ4v) is 1.29. The Kier molecular flexibility index (Phi) is 6.22. The smallest absolute Gasteiger partial charge is 0.309 e. The largest absolute Gasteiger partial charge is 0.463 e. The van der Waals surface area contributed by atoms with Crippen molar-refractivity contribution in [1.82, 2.24) is 0 Å². The third-order valence-corrected chi connectivity index (χ3v) is 2.22. The summed E-state index contributed by atoms with van der Waals surface area (Å²) in [4.78, 5) is 16.1. The van der Waals surface area contributed by atoms with E-state index < -0.39 is 0 Å². The van der Waals surface area contributed by atoms with E-state index in [1.165, 1.54) is 6.21 Å². The number of hydrogen-bond donors (Lipinski definition) is 0. The molecule has 0 aromatic heterocycles. The molecule has 0 N–H and O–H groups in total. The first kappa shape index (κ1) is 14.5. The van der Waals surface area contributed by atoms with Gasteiger partial charge in [0.25, 0.3) is 0 Å². The summed E-state index contributed by atoms with van der Waals surface area (Å²) in [5.74, 6) is -0.300. The topological polar surface area (TPSA) is 47.9 Å². The first-order chi connectivity index (χ1) is 8.59. The Morgan fingerprint density at radius 1 is 1.61 bits per heavy atom. The number of rotatable bonds is 6. The van der Waals surface area contributed by atoms with Gasteiger partial charge in [-0.2, -0.15) is 0 Å². The maximum atomic E-state index is 11.2. The number of oxime groups is 1. The van der Waals surface area contributed by atoms with Crippen LogP contribution in [-0.4, -0.2) is 24.9 Å².